The van der Waals surface area contributed by atoms with Gasteiger partial charge in [-0.2, -0.15) is 0 Å². The van der Waals surface area contributed by atoms with Crippen molar-refractivity contribution in [2.24, 2.45) is 0 Å². The van der Waals surface area contributed by atoms with Crippen LogP contribution in [0.5, 0.6) is 5.75 Å². The Balaban J connectivity index is 2.25. The lowest BCUT2D eigenvalue weighted by molar-refractivity contribution is -0.131. The second-order valence-electron chi connectivity index (χ2n) is 4.73. The molecule has 1 aliphatic rings. The number of ether oxygens (including phenoxy) is 2. The summed E-state index contributed by atoms with van der Waals surface area (Å²) >= 11 is 0. The number of amides is 3. The van der Waals surface area contributed by atoms with Crippen LogP contribution >= 0.6 is 0 Å². The van der Waals surface area contributed by atoms with Crippen LogP contribution in [0.1, 0.15) is 12.5 Å². The van der Waals surface area contributed by atoms with E-state index in [4.69, 9.17) is 9.47 Å². The van der Waals surface area contributed by atoms with E-state index >= 15 is 0 Å². The number of hydrogen-bond acceptors (Lipinski definition) is 4. The number of carbonyl (C=O) groups is 2. The average Bonchev–Trinajstić information content (AvgIpc) is 2.68. The van der Waals surface area contributed by atoms with Crippen LogP contribution < -0.4 is 10.1 Å². The van der Waals surface area contributed by atoms with Crippen molar-refractivity contribution in [2.45, 2.75) is 12.5 Å². The molecule has 1 N–H and O–H groups in total. The monoisotopic (exact) mass is 278 g/mol. The maximum atomic E-state index is 12.5. The van der Waals surface area contributed by atoms with E-state index in [1.54, 1.807) is 38.3 Å². The second-order valence-corrected chi connectivity index (χ2v) is 4.73. The van der Waals surface area contributed by atoms with Gasteiger partial charge in [0.1, 0.15) is 11.3 Å². The van der Waals surface area contributed by atoms with Crippen molar-refractivity contribution in [1.82, 2.24) is 10.2 Å². The third-order valence-electron chi connectivity index (χ3n) is 3.46. The van der Waals surface area contributed by atoms with Gasteiger partial charge in [-0.25, -0.2) is 4.79 Å². The molecule has 0 aliphatic carbocycles. The summed E-state index contributed by atoms with van der Waals surface area (Å²) in [6.07, 6.45) is 0. The highest BCUT2D eigenvalue weighted by molar-refractivity contribution is 6.07. The lowest BCUT2D eigenvalue weighted by Gasteiger charge is -2.22. The number of benzene rings is 1. The Kier molecular flexibility index (Phi) is 3.94. The van der Waals surface area contributed by atoms with Crippen molar-refractivity contribution in [3.63, 3.8) is 0 Å². The Morgan fingerprint density at radius 1 is 1.20 bits per heavy atom. The predicted molar refractivity (Wildman–Crippen MR) is 72.5 cm³/mol. The molecule has 1 aliphatic heterocycles. The van der Waals surface area contributed by atoms with Crippen LogP contribution in [0.25, 0.3) is 0 Å². The molecule has 0 aromatic heterocycles. The Labute approximate surface area is 117 Å². The van der Waals surface area contributed by atoms with E-state index in [1.807, 2.05) is 0 Å². The molecule has 1 fully saturated rings. The van der Waals surface area contributed by atoms with E-state index in [1.165, 1.54) is 12.0 Å². The van der Waals surface area contributed by atoms with Crippen LogP contribution in [0.15, 0.2) is 24.3 Å². The molecule has 2 rings (SSSR count). The van der Waals surface area contributed by atoms with E-state index in [9.17, 15) is 9.59 Å². The molecule has 0 spiro atoms. The van der Waals surface area contributed by atoms with Gasteiger partial charge in [0.25, 0.3) is 5.91 Å². The molecule has 6 nitrogen and oxygen atoms in total. The first-order chi connectivity index (χ1) is 9.52. The van der Waals surface area contributed by atoms with Crippen molar-refractivity contribution in [2.75, 3.05) is 27.4 Å². The van der Waals surface area contributed by atoms with Gasteiger partial charge in [0.2, 0.25) is 0 Å². The first-order valence-electron chi connectivity index (χ1n) is 6.30. The smallest absolute Gasteiger partial charge is 0.325 e. The molecule has 108 valence electrons. The summed E-state index contributed by atoms with van der Waals surface area (Å²) in [4.78, 5) is 25.5. The van der Waals surface area contributed by atoms with E-state index in [-0.39, 0.29) is 12.5 Å². The topological polar surface area (TPSA) is 67.9 Å². The zero-order valence-electron chi connectivity index (χ0n) is 11.8. The summed E-state index contributed by atoms with van der Waals surface area (Å²) in [5.41, 5.74) is -0.326. The predicted octanol–water partition coefficient (Wildman–Crippen LogP) is 1.11. The lowest BCUT2D eigenvalue weighted by Crippen LogP contribution is -2.41. The zero-order chi connectivity index (χ0) is 14.8. The molecular formula is C14H18N2O4. The quantitative estimate of drug-likeness (QED) is 0.819. The number of imide groups is 1. The molecule has 3 amide bonds. The van der Waals surface area contributed by atoms with Crippen molar-refractivity contribution in [1.29, 1.82) is 0 Å². The number of hydrogen-bond donors (Lipinski definition) is 1. The van der Waals surface area contributed by atoms with Crippen LogP contribution in [-0.4, -0.2) is 44.2 Å². The van der Waals surface area contributed by atoms with Gasteiger partial charge in [-0.05, 0) is 24.6 Å². The van der Waals surface area contributed by atoms with Gasteiger partial charge in [0.15, 0.2) is 0 Å². The van der Waals surface area contributed by atoms with E-state index in [2.05, 4.69) is 5.32 Å². The van der Waals surface area contributed by atoms with Crippen LogP contribution in [0.2, 0.25) is 0 Å². The summed E-state index contributed by atoms with van der Waals surface area (Å²) in [6, 6.07) is 6.67. The van der Waals surface area contributed by atoms with Gasteiger partial charge in [-0.1, -0.05) is 12.1 Å². The number of nitrogens with one attached hydrogen (secondary N) is 1. The van der Waals surface area contributed by atoms with Crippen LogP contribution in [0.4, 0.5) is 4.79 Å². The van der Waals surface area contributed by atoms with Gasteiger partial charge in [0, 0.05) is 7.11 Å². The first-order valence-corrected chi connectivity index (χ1v) is 6.30. The van der Waals surface area contributed by atoms with Crippen molar-refractivity contribution in [3.05, 3.63) is 29.8 Å². The fraction of sp³-hybridized carbons (Fsp3) is 0.429. The normalized spacial score (nSPS) is 22.1. The van der Waals surface area contributed by atoms with E-state index in [0.29, 0.717) is 12.4 Å². The summed E-state index contributed by atoms with van der Waals surface area (Å²) in [7, 11) is 3.10. The van der Waals surface area contributed by atoms with Crippen molar-refractivity contribution < 1.29 is 19.1 Å². The number of methoxy groups -OCH3 is 2. The van der Waals surface area contributed by atoms with Crippen LogP contribution in [0.3, 0.4) is 0 Å². The molecule has 1 aromatic carbocycles. The van der Waals surface area contributed by atoms with Crippen molar-refractivity contribution in [3.8, 4) is 5.75 Å². The Morgan fingerprint density at radius 2 is 1.85 bits per heavy atom. The molecule has 1 aromatic rings. The van der Waals surface area contributed by atoms with E-state index < -0.39 is 11.6 Å². The largest absolute Gasteiger partial charge is 0.497 e. The minimum absolute atomic E-state index is 0.243. The van der Waals surface area contributed by atoms with Gasteiger partial charge in [-0.15, -0.1) is 0 Å². The van der Waals surface area contributed by atoms with Crippen molar-refractivity contribution >= 4 is 11.9 Å². The van der Waals surface area contributed by atoms with Gasteiger partial charge < -0.3 is 14.8 Å². The Bertz CT molecular complexity index is 514. The van der Waals surface area contributed by atoms with Gasteiger partial charge in [-0.3, -0.25) is 9.69 Å². The summed E-state index contributed by atoms with van der Waals surface area (Å²) in [6.45, 7) is 2.26. The molecule has 6 heteroatoms. The van der Waals surface area contributed by atoms with Crippen LogP contribution in [-0.2, 0) is 15.1 Å². The average molecular weight is 278 g/mol. The molecular weight excluding hydrogens is 260 g/mol. The number of carbonyl (C=O) groups excluding carboxylic acids is 2. The SMILES string of the molecule is COCCN1C(=O)NC(C)(c2ccc(OC)cc2)C1=O. The molecule has 0 saturated carbocycles. The Hall–Kier alpha value is -2.08. The minimum Gasteiger partial charge on any atom is -0.497 e. The summed E-state index contributed by atoms with van der Waals surface area (Å²) < 4.78 is 10.0. The third-order valence-corrected chi connectivity index (χ3v) is 3.46. The fourth-order valence-electron chi connectivity index (χ4n) is 2.20. The third kappa shape index (κ3) is 2.34. The summed E-state index contributed by atoms with van der Waals surface area (Å²) in [5.74, 6) is 0.426. The molecule has 20 heavy (non-hydrogen) atoms. The standard InChI is InChI=1S/C14H18N2O4/c1-14(10-4-6-11(20-3)7-5-10)12(17)16(8-9-19-2)13(18)15-14/h4-7H,8-9H2,1-3H3,(H,15,18). The second kappa shape index (κ2) is 5.50. The zero-order valence-corrected chi connectivity index (χ0v) is 11.8. The highest BCUT2D eigenvalue weighted by atomic mass is 16.5. The molecule has 0 radical (unpaired) electrons. The molecule has 1 saturated heterocycles. The molecule has 1 unspecified atom stereocenters. The Morgan fingerprint density at radius 3 is 2.40 bits per heavy atom. The summed E-state index contributed by atoms with van der Waals surface area (Å²) in [5, 5.41) is 2.73. The minimum atomic E-state index is -1.04. The lowest BCUT2D eigenvalue weighted by atomic mass is 9.92. The highest BCUT2D eigenvalue weighted by Crippen LogP contribution is 2.29. The van der Waals surface area contributed by atoms with Crippen LogP contribution in [0, 0.1) is 0 Å². The fourth-order valence-corrected chi connectivity index (χ4v) is 2.20. The molecule has 0 bridgehead atoms. The van der Waals surface area contributed by atoms with Gasteiger partial charge in [0.05, 0.1) is 20.3 Å². The van der Waals surface area contributed by atoms with E-state index in [0.717, 1.165) is 5.56 Å². The number of rotatable bonds is 5. The number of urea groups is 1. The molecule has 1 atom stereocenters. The highest BCUT2D eigenvalue weighted by Gasteiger charge is 2.48. The number of nitrogens with zero attached hydrogens (tertiary/aromatic N) is 1. The first kappa shape index (κ1) is 14.3. The maximum Gasteiger partial charge on any atom is 0.325 e. The molecule has 1 heterocycles. The van der Waals surface area contributed by atoms with Gasteiger partial charge >= 0.3 is 6.03 Å². The maximum absolute atomic E-state index is 12.5.